The van der Waals surface area contributed by atoms with Gasteiger partial charge in [0.1, 0.15) is 23.9 Å². The molecule has 0 aromatic heterocycles. The Balaban J connectivity index is 1.51. The summed E-state index contributed by atoms with van der Waals surface area (Å²) in [4.78, 5) is 12.5. The van der Waals surface area contributed by atoms with E-state index in [-0.39, 0.29) is 24.0 Å². The maximum atomic E-state index is 13.0. The van der Waals surface area contributed by atoms with Gasteiger partial charge in [0, 0.05) is 6.07 Å². The third kappa shape index (κ3) is 3.88. The molecule has 140 valence electrons. The van der Waals surface area contributed by atoms with E-state index in [4.69, 9.17) is 32.7 Å². The van der Waals surface area contributed by atoms with Gasteiger partial charge in [-0.3, -0.25) is 4.79 Å². The van der Waals surface area contributed by atoms with Gasteiger partial charge >= 0.3 is 0 Å². The van der Waals surface area contributed by atoms with Crippen LogP contribution in [0.25, 0.3) is 6.08 Å². The van der Waals surface area contributed by atoms with Gasteiger partial charge in [-0.25, -0.2) is 4.39 Å². The Morgan fingerprint density at radius 2 is 1.75 bits per heavy atom. The minimum atomic E-state index is -0.297. The van der Waals surface area contributed by atoms with E-state index < -0.39 is 0 Å². The first-order chi connectivity index (χ1) is 13.5. The van der Waals surface area contributed by atoms with Gasteiger partial charge in [0.15, 0.2) is 5.76 Å². The Labute approximate surface area is 170 Å². The molecule has 0 saturated heterocycles. The molecule has 3 aromatic rings. The summed E-state index contributed by atoms with van der Waals surface area (Å²) in [5, 5.41) is 0.837. The molecule has 0 N–H and O–H groups in total. The van der Waals surface area contributed by atoms with Crippen molar-refractivity contribution in [2.75, 3.05) is 0 Å². The zero-order valence-electron chi connectivity index (χ0n) is 14.4. The van der Waals surface area contributed by atoms with Crippen molar-refractivity contribution in [2.24, 2.45) is 0 Å². The SMILES string of the molecule is O=C1C(=Cc2ccc(Cl)c(Cl)c2)Oc2cc(OCc3ccc(F)cc3)ccc21. The van der Waals surface area contributed by atoms with Gasteiger partial charge in [0.05, 0.1) is 15.6 Å². The first-order valence-electron chi connectivity index (χ1n) is 8.40. The topological polar surface area (TPSA) is 35.5 Å². The van der Waals surface area contributed by atoms with Crippen molar-refractivity contribution in [1.82, 2.24) is 0 Å². The number of carbonyl (C=O) groups is 1. The lowest BCUT2D eigenvalue weighted by Crippen LogP contribution is -1.98. The third-order valence-electron chi connectivity index (χ3n) is 4.20. The standard InChI is InChI=1S/C22H13Cl2FO3/c23-18-8-3-14(9-19(18)24)10-21-22(26)17-7-6-16(11-20(17)28-21)27-12-13-1-4-15(25)5-2-13/h1-11H,12H2. The Kier molecular flexibility index (Phi) is 5.07. The molecular weight excluding hydrogens is 402 g/mol. The van der Waals surface area contributed by atoms with Crippen LogP contribution in [0, 0.1) is 5.82 Å². The summed E-state index contributed by atoms with van der Waals surface area (Å²) >= 11 is 11.9. The molecule has 0 aliphatic carbocycles. The van der Waals surface area contributed by atoms with Crippen molar-refractivity contribution in [1.29, 1.82) is 0 Å². The minimum Gasteiger partial charge on any atom is -0.489 e. The van der Waals surface area contributed by atoms with Crippen molar-refractivity contribution >= 4 is 35.1 Å². The monoisotopic (exact) mass is 414 g/mol. The molecule has 3 nitrogen and oxygen atoms in total. The predicted octanol–water partition coefficient (Wildman–Crippen LogP) is 6.33. The molecule has 0 unspecified atom stereocenters. The number of hydrogen-bond donors (Lipinski definition) is 0. The maximum absolute atomic E-state index is 13.0. The van der Waals surface area contributed by atoms with Gasteiger partial charge in [0.2, 0.25) is 5.78 Å². The van der Waals surface area contributed by atoms with Crippen LogP contribution in [0.4, 0.5) is 4.39 Å². The van der Waals surface area contributed by atoms with E-state index in [1.807, 2.05) is 0 Å². The second-order valence-corrected chi connectivity index (χ2v) is 7.00. The number of halogens is 3. The molecule has 0 fully saturated rings. The quantitative estimate of drug-likeness (QED) is 0.468. The summed E-state index contributed by atoms with van der Waals surface area (Å²) in [6.07, 6.45) is 1.61. The number of ether oxygens (including phenoxy) is 2. The van der Waals surface area contributed by atoms with Gasteiger partial charge in [-0.05, 0) is 53.6 Å². The smallest absolute Gasteiger partial charge is 0.231 e. The lowest BCUT2D eigenvalue weighted by molar-refractivity contribution is 0.101. The van der Waals surface area contributed by atoms with E-state index in [1.165, 1.54) is 12.1 Å². The first-order valence-corrected chi connectivity index (χ1v) is 9.16. The molecule has 1 aliphatic heterocycles. The highest BCUT2D eigenvalue weighted by Crippen LogP contribution is 2.35. The fourth-order valence-electron chi connectivity index (χ4n) is 2.76. The van der Waals surface area contributed by atoms with Crippen LogP contribution >= 0.6 is 23.2 Å². The molecule has 0 bridgehead atoms. The molecular formula is C22H13Cl2FO3. The second kappa shape index (κ2) is 7.66. The molecule has 1 heterocycles. The lowest BCUT2D eigenvalue weighted by Gasteiger charge is -2.07. The Bertz CT molecular complexity index is 1090. The second-order valence-electron chi connectivity index (χ2n) is 6.19. The molecule has 3 aromatic carbocycles. The average Bonchev–Trinajstić information content (AvgIpc) is 2.99. The van der Waals surface area contributed by atoms with E-state index in [9.17, 15) is 9.18 Å². The van der Waals surface area contributed by atoms with E-state index in [2.05, 4.69) is 0 Å². The van der Waals surface area contributed by atoms with Gasteiger partial charge in [-0.15, -0.1) is 0 Å². The van der Waals surface area contributed by atoms with Gasteiger partial charge in [-0.1, -0.05) is 41.4 Å². The van der Waals surface area contributed by atoms with Crippen molar-refractivity contribution in [3.8, 4) is 11.5 Å². The Hall–Kier alpha value is -2.82. The molecule has 0 spiro atoms. The van der Waals surface area contributed by atoms with E-state index >= 15 is 0 Å². The summed E-state index contributed by atoms with van der Waals surface area (Å²) in [6.45, 7) is 0.277. The van der Waals surface area contributed by atoms with Crippen LogP contribution < -0.4 is 9.47 Å². The van der Waals surface area contributed by atoms with Crippen LogP contribution in [0.3, 0.4) is 0 Å². The van der Waals surface area contributed by atoms with Gasteiger partial charge < -0.3 is 9.47 Å². The number of hydrogen-bond acceptors (Lipinski definition) is 3. The van der Waals surface area contributed by atoms with Crippen LogP contribution in [-0.4, -0.2) is 5.78 Å². The normalized spacial score (nSPS) is 14.1. The van der Waals surface area contributed by atoms with E-state index in [1.54, 1.807) is 54.6 Å². The van der Waals surface area contributed by atoms with Gasteiger partial charge in [0.25, 0.3) is 0 Å². The largest absolute Gasteiger partial charge is 0.489 e. The van der Waals surface area contributed by atoms with Crippen molar-refractivity contribution in [3.05, 3.63) is 99.0 Å². The number of Topliss-reactive ketones (excluding diaryl/α,β-unsaturated/α-hetero) is 1. The Morgan fingerprint density at radius 1 is 0.964 bits per heavy atom. The number of carbonyl (C=O) groups excluding carboxylic acids is 1. The zero-order chi connectivity index (χ0) is 19.7. The van der Waals surface area contributed by atoms with Crippen LogP contribution in [0.15, 0.2) is 66.4 Å². The summed E-state index contributed by atoms with van der Waals surface area (Å²) in [6, 6.07) is 16.1. The first kappa shape index (κ1) is 18.5. The number of fused-ring (bicyclic) bond motifs is 1. The van der Waals surface area contributed by atoms with Crippen molar-refractivity contribution in [2.45, 2.75) is 6.61 Å². The van der Waals surface area contributed by atoms with Crippen LogP contribution in [0.5, 0.6) is 11.5 Å². The Morgan fingerprint density at radius 3 is 2.50 bits per heavy atom. The highest BCUT2D eigenvalue weighted by Gasteiger charge is 2.27. The molecule has 0 radical (unpaired) electrons. The lowest BCUT2D eigenvalue weighted by atomic mass is 10.1. The van der Waals surface area contributed by atoms with Crippen molar-refractivity contribution < 1.29 is 18.7 Å². The fraction of sp³-hybridized carbons (Fsp3) is 0.0455. The molecule has 0 amide bonds. The summed E-state index contributed by atoms with van der Waals surface area (Å²) in [7, 11) is 0. The molecule has 1 aliphatic rings. The number of ketones is 1. The highest BCUT2D eigenvalue weighted by atomic mass is 35.5. The van der Waals surface area contributed by atoms with Crippen molar-refractivity contribution in [3.63, 3.8) is 0 Å². The van der Waals surface area contributed by atoms with Crippen LogP contribution in [0.1, 0.15) is 21.5 Å². The van der Waals surface area contributed by atoms with Crippen LogP contribution in [-0.2, 0) is 6.61 Å². The summed E-state index contributed by atoms with van der Waals surface area (Å²) in [5.74, 6) is 0.657. The summed E-state index contributed by atoms with van der Waals surface area (Å²) in [5.41, 5.74) is 2.00. The number of allylic oxidation sites excluding steroid dienone is 1. The van der Waals surface area contributed by atoms with E-state index in [0.717, 1.165) is 5.56 Å². The maximum Gasteiger partial charge on any atom is 0.231 e. The highest BCUT2D eigenvalue weighted by molar-refractivity contribution is 6.42. The summed E-state index contributed by atoms with van der Waals surface area (Å²) < 4.78 is 24.4. The van der Waals surface area contributed by atoms with Crippen LogP contribution in [0.2, 0.25) is 10.0 Å². The predicted molar refractivity (Wildman–Crippen MR) is 107 cm³/mol. The molecule has 6 heteroatoms. The van der Waals surface area contributed by atoms with Gasteiger partial charge in [-0.2, -0.15) is 0 Å². The average molecular weight is 415 g/mol. The number of benzene rings is 3. The van der Waals surface area contributed by atoms with E-state index in [0.29, 0.717) is 32.7 Å². The zero-order valence-corrected chi connectivity index (χ0v) is 15.9. The molecule has 0 atom stereocenters. The minimum absolute atomic E-state index is 0.198. The third-order valence-corrected chi connectivity index (χ3v) is 4.94. The molecule has 0 saturated carbocycles. The fourth-order valence-corrected chi connectivity index (χ4v) is 3.06. The number of rotatable bonds is 4. The molecule has 4 rings (SSSR count). The molecule has 28 heavy (non-hydrogen) atoms.